The molecule has 1 aromatic carbocycles. The molecular formula is C13H16ClN3. The fourth-order valence-electron chi connectivity index (χ4n) is 1.84. The Bertz CT molecular complexity index is 513. The Labute approximate surface area is 106 Å². The Morgan fingerprint density at radius 1 is 1.35 bits per heavy atom. The van der Waals surface area contributed by atoms with Crippen LogP contribution in [0.2, 0.25) is 5.02 Å². The quantitative estimate of drug-likeness (QED) is 0.903. The summed E-state index contributed by atoms with van der Waals surface area (Å²) < 4.78 is 0. The lowest BCUT2D eigenvalue weighted by molar-refractivity contribution is 0.769. The third-order valence-corrected chi connectivity index (χ3v) is 3.03. The van der Waals surface area contributed by atoms with Crippen LogP contribution in [0.15, 0.2) is 30.5 Å². The molecule has 0 amide bonds. The van der Waals surface area contributed by atoms with Gasteiger partial charge in [-0.15, -0.1) is 0 Å². The first-order valence-corrected chi connectivity index (χ1v) is 6.00. The van der Waals surface area contributed by atoms with Gasteiger partial charge in [-0.25, -0.2) is 0 Å². The van der Waals surface area contributed by atoms with E-state index in [-0.39, 0.29) is 0 Å². The maximum Gasteiger partial charge on any atom is 0.0737 e. The average Bonchev–Trinajstić information content (AvgIpc) is 2.34. The Kier molecular flexibility index (Phi) is 3.82. The first-order chi connectivity index (χ1) is 8.22. The molecule has 0 bridgehead atoms. The highest BCUT2D eigenvalue weighted by molar-refractivity contribution is 6.31. The number of halogens is 1. The zero-order valence-corrected chi connectivity index (χ0v) is 10.8. The number of likely N-dealkylation sites (N-methyl/N-ethyl adjacent to an activating group) is 2. The van der Waals surface area contributed by atoms with Crippen molar-refractivity contribution in [1.29, 1.82) is 0 Å². The number of nitrogens with one attached hydrogen (secondary N) is 1. The highest BCUT2D eigenvalue weighted by Crippen LogP contribution is 2.26. The van der Waals surface area contributed by atoms with Gasteiger partial charge in [0, 0.05) is 42.4 Å². The zero-order chi connectivity index (χ0) is 12.3. The molecule has 0 fully saturated rings. The van der Waals surface area contributed by atoms with Gasteiger partial charge in [-0.1, -0.05) is 11.6 Å². The van der Waals surface area contributed by atoms with Crippen LogP contribution in [-0.2, 0) is 0 Å². The molecule has 0 atom stereocenters. The second-order valence-corrected chi connectivity index (χ2v) is 4.45. The molecule has 0 aliphatic carbocycles. The lowest BCUT2D eigenvalue weighted by Crippen LogP contribution is -2.27. The summed E-state index contributed by atoms with van der Waals surface area (Å²) in [6.07, 6.45) is 1.82. The maximum absolute atomic E-state index is 5.97. The van der Waals surface area contributed by atoms with Gasteiger partial charge in [0.05, 0.1) is 5.52 Å². The standard InChI is InChI=1S/C13H16ClN3/c1-15-7-8-17(2)13-5-6-16-12-9-10(14)3-4-11(12)13/h3-6,9,15H,7-8H2,1-2H3. The summed E-state index contributed by atoms with van der Waals surface area (Å²) in [6.45, 7) is 1.91. The number of rotatable bonds is 4. The number of nitrogens with zero attached hydrogens (tertiary/aromatic N) is 2. The fraction of sp³-hybridized carbons (Fsp3) is 0.308. The van der Waals surface area contributed by atoms with Crippen LogP contribution >= 0.6 is 11.6 Å². The third-order valence-electron chi connectivity index (χ3n) is 2.79. The van der Waals surface area contributed by atoms with E-state index in [0.717, 1.165) is 29.0 Å². The fourth-order valence-corrected chi connectivity index (χ4v) is 2.01. The van der Waals surface area contributed by atoms with Gasteiger partial charge in [0.25, 0.3) is 0 Å². The first-order valence-electron chi connectivity index (χ1n) is 5.62. The number of pyridine rings is 1. The Hall–Kier alpha value is -1.32. The average molecular weight is 250 g/mol. The summed E-state index contributed by atoms with van der Waals surface area (Å²) in [5.74, 6) is 0. The van der Waals surface area contributed by atoms with Gasteiger partial charge >= 0.3 is 0 Å². The van der Waals surface area contributed by atoms with Crippen molar-refractivity contribution >= 4 is 28.2 Å². The first kappa shape index (κ1) is 12.1. The normalized spacial score (nSPS) is 10.8. The third kappa shape index (κ3) is 2.68. The Balaban J connectivity index is 2.40. The van der Waals surface area contributed by atoms with Crippen LogP contribution in [0, 0.1) is 0 Å². The molecule has 1 heterocycles. The van der Waals surface area contributed by atoms with E-state index in [1.54, 1.807) is 0 Å². The molecule has 0 spiro atoms. The van der Waals surface area contributed by atoms with Crippen molar-refractivity contribution in [2.75, 3.05) is 32.1 Å². The molecular weight excluding hydrogens is 234 g/mol. The van der Waals surface area contributed by atoms with Gasteiger partial charge in [0.1, 0.15) is 0 Å². The molecule has 0 radical (unpaired) electrons. The van der Waals surface area contributed by atoms with Crippen molar-refractivity contribution < 1.29 is 0 Å². The number of hydrogen-bond donors (Lipinski definition) is 1. The van der Waals surface area contributed by atoms with E-state index in [2.05, 4.69) is 22.2 Å². The molecule has 2 rings (SSSR count). The molecule has 1 N–H and O–H groups in total. The van der Waals surface area contributed by atoms with E-state index < -0.39 is 0 Å². The van der Waals surface area contributed by atoms with Crippen LogP contribution in [0.1, 0.15) is 0 Å². The monoisotopic (exact) mass is 249 g/mol. The molecule has 2 aromatic rings. The molecule has 90 valence electrons. The van der Waals surface area contributed by atoms with Gasteiger partial charge < -0.3 is 10.2 Å². The SMILES string of the molecule is CNCCN(C)c1ccnc2cc(Cl)ccc12. The van der Waals surface area contributed by atoms with Crippen LogP contribution < -0.4 is 10.2 Å². The molecule has 0 saturated heterocycles. The van der Waals surface area contributed by atoms with Crippen LogP contribution in [0.25, 0.3) is 10.9 Å². The maximum atomic E-state index is 5.97. The highest BCUT2D eigenvalue weighted by Gasteiger charge is 2.06. The summed E-state index contributed by atoms with van der Waals surface area (Å²) in [5.41, 5.74) is 2.12. The summed E-state index contributed by atoms with van der Waals surface area (Å²) in [7, 11) is 4.04. The van der Waals surface area contributed by atoms with Crippen molar-refractivity contribution in [2.24, 2.45) is 0 Å². The van der Waals surface area contributed by atoms with E-state index in [9.17, 15) is 0 Å². The predicted molar refractivity (Wildman–Crippen MR) is 73.9 cm³/mol. The van der Waals surface area contributed by atoms with E-state index in [1.165, 1.54) is 5.69 Å². The molecule has 3 nitrogen and oxygen atoms in total. The molecule has 0 aliphatic rings. The van der Waals surface area contributed by atoms with E-state index >= 15 is 0 Å². The van der Waals surface area contributed by atoms with E-state index in [1.807, 2.05) is 37.5 Å². The largest absolute Gasteiger partial charge is 0.373 e. The van der Waals surface area contributed by atoms with Crippen molar-refractivity contribution in [3.63, 3.8) is 0 Å². The van der Waals surface area contributed by atoms with E-state index in [0.29, 0.717) is 0 Å². The zero-order valence-electron chi connectivity index (χ0n) is 10.1. The number of hydrogen-bond acceptors (Lipinski definition) is 3. The highest BCUT2D eigenvalue weighted by atomic mass is 35.5. The smallest absolute Gasteiger partial charge is 0.0737 e. The molecule has 4 heteroatoms. The van der Waals surface area contributed by atoms with Crippen molar-refractivity contribution in [2.45, 2.75) is 0 Å². The number of anilines is 1. The lowest BCUT2D eigenvalue weighted by Gasteiger charge is -2.20. The topological polar surface area (TPSA) is 28.2 Å². The summed E-state index contributed by atoms with van der Waals surface area (Å²) in [5, 5.41) is 5.00. The molecule has 0 saturated carbocycles. The van der Waals surface area contributed by atoms with Crippen molar-refractivity contribution in [1.82, 2.24) is 10.3 Å². The van der Waals surface area contributed by atoms with Gasteiger partial charge in [-0.05, 0) is 31.3 Å². The minimum Gasteiger partial charge on any atom is -0.373 e. The van der Waals surface area contributed by atoms with Gasteiger partial charge in [-0.3, -0.25) is 4.98 Å². The van der Waals surface area contributed by atoms with Crippen molar-refractivity contribution in [3.05, 3.63) is 35.5 Å². The van der Waals surface area contributed by atoms with E-state index in [4.69, 9.17) is 11.6 Å². The molecule has 1 aromatic heterocycles. The number of fused-ring (bicyclic) bond motifs is 1. The van der Waals surface area contributed by atoms with Crippen LogP contribution in [0.4, 0.5) is 5.69 Å². The number of benzene rings is 1. The van der Waals surface area contributed by atoms with Crippen LogP contribution in [-0.4, -0.2) is 32.2 Å². The number of aromatic nitrogens is 1. The second-order valence-electron chi connectivity index (χ2n) is 4.02. The molecule has 17 heavy (non-hydrogen) atoms. The summed E-state index contributed by atoms with van der Waals surface area (Å²) in [6, 6.07) is 7.86. The molecule has 0 aliphatic heterocycles. The minimum absolute atomic E-state index is 0.722. The van der Waals surface area contributed by atoms with Crippen molar-refractivity contribution in [3.8, 4) is 0 Å². The minimum atomic E-state index is 0.722. The van der Waals surface area contributed by atoms with Gasteiger partial charge in [-0.2, -0.15) is 0 Å². The Morgan fingerprint density at radius 2 is 2.18 bits per heavy atom. The lowest BCUT2D eigenvalue weighted by atomic mass is 10.2. The summed E-state index contributed by atoms with van der Waals surface area (Å²) >= 11 is 5.97. The predicted octanol–water partition coefficient (Wildman–Crippen LogP) is 2.54. The molecule has 0 unspecified atom stereocenters. The Morgan fingerprint density at radius 3 is 2.94 bits per heavy atom. The van der Waals surface area contributed by atoms with Gasteiger partial charge in [0.15, 0.2) is 0 Å². The second kappa shape index (κ2) is 5.34. The summed E-state index contributed by atoms with van der Waals surface area (Å²) in [4.78, 5) is 6.56. The van der Waals surface area contributed by atoms with Gasteiger partial charge in [0.2, 0.25) is 0 Å². The van der Waals surface area contributed by atoms with Crippen LogP contribution in [0.3, 0.4) is 0 Å². The van der Waals surface area contributed by atoms with Crippen LogP contribution in [0.5, 0.6) is 0 Å².